The first kappa shape index (κ1) is 21.2. The molecule has 172 valence electrons. The van der Waals surface area contributed by atoms with Gasteiger partial charge >= 0.3 is 6.18 Å². The van der Waals surface area contributed by atoms with Crippen LogP contribution in [-0.2, 0) is 18.4 Å². The van der Waals surface area contributed by atoms with Crippen LogP contribution in [0.4, 0.5) is 24.7 Å². The number of aryl methyl sites for hydroxylation is 1. The molecule has 1 N–H and O–H groups in total. The average Bonchev–Trinajstić information content (AvgIpc) is 3.47. The molecule has 0 spiro atoms. The minimum absolute atomic E-state index is 0.0489. The number of fused-ring (bicyclic) bond motifs is 2. The molecule has 11 heteroatoms. The molecule has 1 atom stereocenters. The molecule has 0 bridgehead atoms. The molecule has 4 heterocycles. The molecule has 5 rings (SSSR count). The number of benzene rings is 1. The van der Waals surface area contributed by atoms with Gasteiger partial charge in [-0.1, -0.05) is 12.1 Å². The van der Waals surface area contributed by atoms with Gasteiger partial charge in [-0.3, -0.25) is 14.3 Å². The second-order valence-electron chi connectivity index (χ2n) is 8.28. The number of nitrogens with one attached hydrogen (secondary N) is 1. The van der Waals surface area contributed by atoms with Gasteiger partial charge in [0.25, 0.3) is 5.91 Å². The summed E-state index contributed by atoms with van der Waals surface area (Å²) in [5, 5.41) is 7.32. The Morgan fingerprint density at radius 2 is 2.06 bits per heavy atom. The van der Waals surface area contributed by atoms with Gasteiger partial charge in [-0.05, 0) is 36.6 Å². The van der Waals surface area contributed by atoms with Gasteiger partial charge in [0.05, 0.1) is 23.0 Å². The molecule has 1 saturated heterocycles. The highest BCUT2D eigenvalue weighted by atomic mass is 19.4. The maximum atomic E-state index is 13.2. The van der Waals surface area contributed by atoms with Crippen LogP contribution in [0.15, 0.2) is 36.5 Å². The van der Waals surface area contributed by atoms with Crippen molar-refractivity contribution in [3.63, 3.8) is 0 Å². The van der Waals surface area contributed by atoms with E-state index in [1.165, 1.54) is 4.90 Å². The lowest BCUT2D eigenvalue weighted by Crippen LogP contribution is -2.48. The smallest absolute Gasteiger partial charge is 0.340 e. The number of aromatic nitrogens is 3. The van der Waals surface area contributed by atoms with E-state index >= 15 is 0 Å². The van der Waals surface area contributed by atoms with Crippen LogP contribution in [0.5, 0.6) is 0 Å². The first-order valence-electron chi connectivity index (χ1n) is 10.6. The number of hydrogen-bond acceptors (Lipinski definition) is 5. The lowest BCUT2D eigenvalue weighted by Gasteiger charge is -2.28. The summed E-state index contributed by atoms with van der Waals surface area (Å²) in [7, 11) is 1.81. The van der Waals surface area contributed by atoms with E-state index in [0.717, 1.165) is 10.4 Å². The molecule has 1 fully saturated rings. The Labute approximate surface area is 187 Å². The maximum absolute atomic E-state index is 13.2. The molecule has 2 aliphatic rings. The Balaban J connectivity index is 1.34. The molecule has 33 heavy (non-hydrogen) atoms. The molecular formula is C22H21F3N6O2. The predicted octanol–water partition coefficient (Wildman–Crippen LogP) is 3.22. The van der Waals surface area contributed by atoms with Gasteiger partial charge in [0.15, 0.2) is 0 Å². The fourth-order valence-corrected chi connectivity index (χ4v) is 4.56. The molecule has 3 aromatic rings. The summed E-state index contributed by atoms with van der Waals surface area (Å²) in [6.07, 6.45) is -2.64. The van der Waals surface area contributed by atoms with Crippen molar-refractivity contribution in [1.82, 2.24) is 24.6 Å². The van der Waals surface area contributed by atoms with E-state index in [2.05, 4.69) is 15.4 Å². The number of carbonyl (C=O) groups is 2. The van der Waals surface area contributed by atoms with Crippen molar-refractivity contribution >= 4 is 34.4 Å². The third-order valence-corrected chi connectivity index (χ3v) is 6.16. The maximum Gasteiger partial charge on any atom is 0.408 e. The normalized spacial score (nSPS) is 18.3. The van der Waals surface area contributed by atoms with E-state index in [1.54, 1.807) is 35.1 Å². The number of likely N-dealkylation sites (tertiary alicyclic amines) is 1. The van der Waals surface area contributed by atoms with E-state index < -0.39 is 24.0 Å². The van der Waals surface area contributed by atoms with Crippen molar-refractivity contribution in [3.05, 3.63) is 47.7 Å². The van der Waals surface area contributed by atoms with E-state index in [4.69, 9.17) is 0 Å². The Morgan fingerprint density at radius 1 is 1.24 bits per heavy atom. The third-order valence-electron chi connectivity index (χ3n) is 6.16. The highest BCUT2D eigenvalue weighted by molar-refractivity contribution is 6.05. The number of anilines is 2. The topological polar surface area (TPSA) is 83.4 Å². The van der Waals surface area contributed by atoms with Crippen molar-refractivity contribution in [2.75, 3.05) is 18.4 Å². The summed E-state index contributed by atoms with van der Waals surface area (Å²) in [5.41, 5.74) is 3.18. The first-order valence-corrected chi connectivity index (χ1v) is 10.6. The second kappa shape index (κ2) is 7.75. The predicted molar refractivity (Wildman–Crippen MR) is 114 cm³/mol. The van der Waals surface area contributed by atoms with Crippen LogP contribution < -0.4 is 5.32 Å². The number of carbonyl (C=O) groups excluding carboxylic acids is 2. The summed E-state index contributed by atoms with van der Waals surface area (Å²) in [4.78, 5) is 32.4. The summed E-state index contributed by atoms with van der Waals surface area (Å²) >= 11 is 0. The Bertz CT molecular complexity index is 1250. The summed E-state index contributed by atoms with van der Waals surface area (Å²) in [6.45, 7) is -0.179. The number of amides is 2. The summed E-state index contributed by atoms with van der Waals surface area (Å²) in [5.74, 6) is -0.558. The van der Waals surface area contributed by atoms with Gasteiger partial charge in [0.2, 0.25) is 5.91 Å². The second-order valence-corrected chi connectivity index (χ2v) is 8.28. The molecule has 1 aromatic carbocycles. The molecule has 2 amide bonds. The zero-order valence-electron chi connectivity index (χ0n) is 17.8. The van der Waals surface area contributed by atoms with Crippen LogP contribution >= 0.6 is 0 Å². The molecule has 0 radical (unpaired) electrons. The number of nitrogens with zero attached hydrogens (tertiary/aromatic N) is 5. The standard InChI is InChI=1S/C22H21F3N6O2/c1-29-16-7-8-18(28-15(16)10-26-29)27-14-5-2-4-13-11-30(21(33)20(13)14)12-19(32)31-9-3-6-17(31)22(23,24)25/h2,4-5,7-8,10,17H,3,6,9,11-12H2,1H3,(H,27,28). The van der Waals surface area contributed by atoms with Crippen molar-refractivity contribution in [2.24, 2.45) is 7.05 Å². The van der Waals surface area contributed by atoms with Crippen molar-refractivity contribution < 1.29 is 22.8 Å². The molecule has 0 aliphatic carbocycles. The fourth-order valence-electron chi connectivity index (χ4n) is 4.56. The molecule has 2 aliphatic heterocycles. The van der Waals surface area contributed by atoms with Gasteiger partial charge in [-0.2, -0.15) is 18.3 Å². The van der Waals surface area contributed by atoms with Crippen LogP contribution in [0.2, 0.25) is 0 Å². The largest absolute Gasteiger partial charge is 0.408 e. The van der Waals surface area contributed by atoms with Gasteiger partial charge in [-0.25, -0.2) is 4.98 Å². The van der Waals surface area contributed by atoms with E-state index in [-0.39, 0.29) is 26.1 Å². The van der Waals surface area contributed by atoms with Crippen LogP contribution in [-0.4, -0.2) is 61.7 Å². The highest BCUT2D eigenvalue weighted by Gasteiger charge is 2.48. The molecular weight excluding hydrogens is 437 g/mol. The van der Waals surface area contributed by atoms with Gasteiger partial charge in [0.1, 0.15) is 23.9 Å². The highest BCUT2D eigenvalue weighted by Crippen LogP contribution is 2.34. The van der Waals surface area contributed by atoms with Crippen LogP contribution in [0, 0.1) is 0 Å². The van der Waals surface area contributed by atoms with Crippen molar-refractivity contribution in [2.45, 2.75) is 31.6 Å². The number of halogens is 3. The lowest BCUT2D eigenvalue weighted by atomic mass is 10.1. The number of hydrogen-bond donors (Lipinski definition) is 1. The van der Waals surface area contributed by atoms with Crippen LogP contribution in [0.3, 0.4) is 0 Å². The Hall–Kier alpha value is -3.63. The third kappa shape index (κ3) is 3.77. The van der Waals surface area contributed by atoms with Gasteiger partial charge in [-0.15, -0.1) is 0 Å². The molecule has 2 aromatic heterocycles. The Kier molecular flexibility index (Phi) is 4.98. The Morgan fingerprint density at radius 3 is 2.85 bits per heavy atom. The monoisotopic (exact) mass is 458 g/mol. The molecule has 8 nitrogen and oxygen atoms in total. The minimum Gasteiger partial charge on any atom is -0.340 e. The first-order chi connectivity index (χ1) is 15.7. The van der Waals surface area contributed by atoms with E-state index in [1.807, 2.05) is 13.1 Å². The number of alkyl halides is 3. The minimum atomic E-state index is -4.47. The number of pyridine rings is 1. The van der Waals surface area contributed by atoms with E-state index in [0.29, 0.717) is 34.6 Å². The van der Waals surface area contributed by atoms with Gasteiger partial charge in [0, 0.05) is 20.1 Å². The zero-order valence-corrected chi connectivity index (χ0v) is 17.8. The summed E-state index contributed by atoms with van der Waals surface area (Å²) in [6, 6.07) is 7.14. The van der Waals surface area contributed by atoms with Gasteiger partial charge < -0.3 is 15.1 Å². The van der Waals surface area contributed by atoms with Crippen LogP contribution in [0.25, 0.3) is 11.0 Å². The molecule has 1 unspecified atom stereocenters. The van der Waals surface area contributed by atoms with Crippen molar-refractivity contribution in [1.29, 1.82) is 0 Å². The lowest BCUT2D eigenvalue weighted by molar-refractivity contribution is -0.182. The average molecular weight is 458 g/mol. The van der Waals surface area contributed by atoms with E-state index in [9.17, 15) is 22.8 Å². The summed E-state index contributed by atoms with van der Waals surface area (Å²) < 4.78 is 41.4. The SMILES string of the molecule is Cn1ncc2nc(Nc3cccc4c3C(=O)N(CC(=O)N3CCCC3C(F)(F)F)C4)ccc21. The van der Waals surface area contributed by atoms with Crippen LogP contribution in [0.1, 0.15) is 28.8 Å². The molecule has 0 saturated carbocycles. The quantitative estimate of drug-likeness (QED) is 0.649. The zero-order chi connectivity index (χ0) is 23.3. The van der Waals surface area contributed by atoms with Crippen molar-refractivity contribution in [3.8, 4) is 0 Å². The fraction of sp³-hybridized carbons (Fsp3) is 0.364. The number of rotatable bonds is 4.